The van der Waals surface area contributed by atoms with E-state index in [9.17, 15) is 4.79 Å². The van der Waals surface area contributed by atoms with Crippen LogP contribution in [0.2, 0.25) is 5.02 Å². The summed E-state index contributed by atoms with van der Waals surface area (Å²) in [5, 5.41) is 4.13. The van der Waals surface area contributed by atoms with Crippen molar-refractivity contribution in [2.75, 3.05) is 18.2 Å². The summed E-state index contributed by atoms with van der Waals surface area (Å²) in [7, 11) is 1.56. The van der Waals surface area contributed by atoms with Gasteiger partial charge >= 0.3 is 0 Å². The molecular formula is C19H18ClN3O2S. The monoisotopic (exact) mass is 387 g/mol. The number of nitrogens with two attached hydrogens (primary N) is 1. The van der Waals surface area contributed by atoms with E-state index in [4.69, 9.17) is 22.1 Å². The molecule has 0 aliphatic rings. The van der Waals surface area contributed by atoms with Gasteiger partial charge in [-0.1, -0.05) is 46.7 Å². The maximum absolute atomic E-state index is 12.8. The normalized spacial score (nSPS) is 10.6. The standard InChI is InChI=1S/C19H18ClN3O2S/c1-10-4-6-13(11(2)8-10)16(24)17-18(21)23-19(26-17)22-12-5-7-15(25-3)14(20)9-12/h4-9H,21H2,1-3H3,(H,22,23). The highest BCUT2D eigenvalue weighted by molar-refractivity contribution is 7.18. The minimum absolute atomic E-state index is 0.127. The van der Waals surface area contributed by atoms with Crippen LogP contribution < -0.4 is 15.8 Å². The molecule has 7 heteroatoms. The second kappa shape index (κ2) is 7.35. The van der Waals surface area contributed by atoms with Gasteiger partial charge in [0.1, 0.15) is 16.4 Å². The summed E-state index contributed by atoms with van der Waals surface area (Å²) in [4.78, 5) is 17.5. The van der Waals surface area contributed by atoms with Crippen molar-refractivity contribution in [1.29, 1.82) is 0 Å². The Balaban J connectivity index is 1.87. The number of benzene rings is 2. The first-order valence-corrected chi connectivity index (χ1v) is 9.07. The van der Waals surface area contributed by atoms with Crippen molar-refractivity contribution in [1.82, 2.24) is 4.98 Å². The SMILES string of the molecule is COc1ccc(Nc2nc(N)c(C(=O)c3ccc(C)cc3C)s2)cc1Cl. The van der Waals surface area contributed by atoms with E-state index in [1.165, 1.54) is 11.3 Å². The Morgan fingerprint density at radius 2 is 2.00 bits per heavy atom. The molecule has 3 aromatic rings. The van der Waals surface area contributed by atoms with Gasteiger partial charge in [-0.2, -0.15) is 0 Å². The number of nitrogens with one attached hydrogen (secondary N) is 1. The third-order valence-electron chi connectivity index (χ3n) is 3.89. The average Bonchev–Trinajstić information content (AvgIpc) is 2.95. The van der Waals surface area contributed by atoms with Gasteiger partial charge in [-0.15, -0.1) is 0 Å². The molecule has 3 rings (SSSR count). The number of hydrogen-bond donors (Lipinski definition) is 2. The maximum Gasteiger partial charge on any atom is 0.207 e. The molecule has 0 amide bonds. The van der Waals surface area contributed by atoms with Gasteiger partial charge in [0.25, 0.3) is 0 Å². The van der Waals surface area contributed by atoms with Gasteiger partial charge in [-0.25, -0.2) is 4.98 Å². The number of ether oxygens (including phenoxy) is 1. The van der Waals surface area contributed by atoms with Gasteiger partial charge in [-0.3, -0.25) is 4.79 Å². The lowest BCUT2D eigenvalue weighted by atomic mass is 10.0. The number of aryl methyl sites for hydroxylation is 2. The van der Waals surface area contributed by atoms with E-state index in [0.717, 1.165) is 16.8 Å². The van der Waals surface area contributed by atoms with Crippen molar-refractivity contribution >= 4 is 45.4 Å². The van der Waals surface area contributed by atoms with Crippen LogP contribution in [0.1, 0.15) is 26.4 Å². The Morgan fingerprint density at radius 3 is 2.65 bits per heavy atom. The first kappa shape index (κ1) is 18.2. The van der Waals surface area contributed by atoms with E-state index in [0.29, 0.717) is 26.3 Å². The van der Waals surface area contributed by atoms with Gasteiger partial charge in [0.05, 0.1) is 12.1 Å². The van der Waals surface area contributed by atoms with E-state index < -0.39 is 0 Å². The third-order valence-corrected chi connectivity index (χ3v) is 5.17. The molecule has 3 N–H and O–H groups in total. The summed E-state index contributed by atoms with van der Waals surface area (Å²) < 4.78 is 5.14. The number of nitrogen functional groups attached to an aromatic ring is 1. The lowest BCUT2D eigenvalue weighted by Crippen LogP contribution is -2.04. The van der Waals surface area contributed by atoms with Crippen LogP contribution in [-0.2, 0) is 0 Å². The first-order chi connectivity index (χ1) is 12.4. The van der Waals surface area contributed by atoms with E-state index in [-0.39, 0.29) is 11.6 Å². The van der Waals surface area contributed by atoms with Crippen molar-refractivity contribution in [3.63, 3.8) is 0 Å². The van der Waals surface area contributed by atoms with Crippen LogP contribution in [0.4, 0.5) is 16.6 Å². The van der Waals surface area contributed by atoms with E-state index in [2.05, 4.69) is 10.3 Å². The summed E-state index contributed by atoms with van der Waals surface area (Å²) in [6, 6.07) is 11.0. The fraction of sp³-hybridized carbons (Fsp3) is 0.158. The van der Waals surface area contributed by atoms with Crippen LogP contribution in [0.5, 0.6) is 5.75 Å². The number of aromatic nitrogens is 1. The summed E-state index contributed by atoms with van der Waals surface area (Å²) in [6.45, 7) is 3.90. The predicted molar refractivity (Wildman–Crippen MR) is 107 cm³/mol. The van der Waals surface area contributed by atoms with Crippen LogP contribution in [0.25, 0.3) is 0 Å². The van der Waals surface area contributed by atoms with Crippen molar-refractivity contribution in [3.8, 4) is 5.75 Å². The fourth-order valence-corrected chi connectivity index (χ4v) is 3.72. The van der Waals surface area contributed by atoms with Crippen LogP contribution in [0, 0.1) is 13.8 Å². The topological polar surface area (TPSA) is 77.2 Å². The molecule has 0 radical (unpaired) electrons. The van der Waals surface area contributed by atoms with Crippen molar-refractivity contribution in [3.05, 3.63) is 63.0 Å². The molecular weight excluding hydrogens is 370 g/mol. The number of hydrogen-bond acceptors (Lipinski definition) is 6. The number of carbonyl (C=O) groups excluding carboxylic acids is 1. The summed E-state index contributed by atoms with van der Waals surface area (Å²) in [5.74, 6) is 0.668. The van der Waals surface area contributed by atoms with Crippen molar-refractivity contribution in [2.45, 2.75) is 13.8 Å². The summed E-state index contributed by atoms with van der Waals surface area (Å²) in [6.07, 6.45) is 0. The molecule has 0 aliphatic heterocycles. The third kappa shape index (κ3) is 3.66. The predicted octanol–water partition coefficient (Wildman–Crippen LogP) is 4.98. The van der Waals surface area contributed by atoms with Gasteiger partial charge in [0, 0.05) is 11.3 Å². The van der Waals surface area contributed by atoms with Crippen molar-refractivity contribution < 1.29 is 9.53 Å². The van der Waals surface area contributed by atoms with Crippen LogP contribution >= 0.6 is 22.9 Å². The van der Waals surface area contributed by atoms with Crippen LogP contribution in [0.15, 0.2) is 36.4 Å². The number of anilines is 3. The van der Waals surface area contributed by atoms with Crippen LogP contribution in [0.3, 0.4) is 0 Å². The minimum atomic E-state index is -0.127. The first-order valence-electron chi connectivity index (χ1n) is 7.88. The molecule has 0 unspecified atom stereocenters. The lowest BCUT2D eigenvalue weighted by Gasteiger charge is -2.06. The fourth-order valence-electron chi connectivity index (χ4n) is 2.61. The Morgan fingerprint density at radius 1 is 1.23 bits per heavy atom. The second-order valence-electron chi connectivity index (χ2n) is 5.86. The second-order valence-corrected chi connectivity index (χ2v) is 7.26. The molecule has 0 bridgehead atoms. The zero-order valence-electron chi connectivity index (χ0n) is 14.6. The molecule has 0 saturated heterocycles. The molecule has 26 heavy (non-hydrogen) atoms. The number of methoxy groups -OCH3 is 1. The van der Waals surface area contributed by atoms with E-state index in [1.54, 1.807) is 19.2 Å². The highest BCUT2D eigenvalue weighted by Crippen LogP contribution is 2.33. The van der Waals surface area contributed by atoms with Gasteiger partial charge in [0.2, 0.25) is 5.78 Å². The summed E-state index contributed by atoms with van der Waals surface area (Å²) in [5.41, 5.74) is 9.36. The Bertz CT molecular complexity index is 985. The maximum atomic E-state index is 12.8. The van der Waals surface area contributed by atoms with E-state index in [1.807, 2.05) is 38.1 Å². The Labute approximate surface area is 160 Å². The number of carbonyl (C=O) groups is 1. The van der Waals surface area contributed by atoms with Gasteiger partial charge in [-0.05, 0) is 37.6 Å². The number of thiazole rings is 1. The molecule has 1 heterocycles. The lowest BCUT2D eigenvalue weighted by molar-refractivity contribution is 0.104. The highest BCUT2D eigenvalue weighted by Gasteiger charge is 2.19. The molecule has 0 spiro atoms. The molecule has 0 fully saturated rings. The largest absolute Gasteiger partial charge is 0.495 e. The smallest absolute Gasteiger partial charge is 0.207 e. The molecule has 5 nitrogen and oxygen atoms in total. The number of halogens is 1. The Kier molecular flexibility index (Phi) is 5.15. The number of rotatable bonds is 5. The number of nitrogens with zero attached hydrogens (tertiary/aromatic N) is 1. The van der Waals surface area contributed by atoms with Crippen molar-refractivity contribution in [2.24, 2.45) is 0 Å². The molecule has 0 saturated carbocycles. The zero-order valence-corrected chi connectivity index (χ0v) is 16.2. The van der Waals surface area contributed by atoms with Gasteiger partial charge < -0.3 is 15.8 Å². The molecule has 2 aromatic carbocycles. The van der Waals surface area contributed by atoms with Crippen LogP contribution in [-0.4, -0.2) is 17.9 Å². The van der Waals surface area contributed by atoms with E-state index >= 15 is 0 Å². The minimum Gasteiger partial charge on any atom is -0.495 e. The average molecular weight is 388 g/mol. The molecule has 1 aromatic heterocycles. The number of ketones is 1. The molecule has 0 aliphatic carbocycles. The highest BCUT2D eigenvalue weighted by atomic mass is 35.5. The summed E-state index contributed by atoms with van der Waals surface area (Å²) >= 11 is 7.35. The Hall–Kier alpha value is -2.57. The van der Waals surface area contributed by atoms with Gasteiger partial charge in [0.15, 0.2) is 5.13 Å². The molecule has 0 atom stereocenters. The quantitative estimate of drug-likeness (QED) is 0.604. The zero-order chi connectivity index (χ0) is 18.8. The molecule has 134 valence electrons.